The SMILES string of the molecule is CC(C)CNCCC(C)(C)Cc1cncc(Br)c1. The minimum Gasteiger partial charge on any atom is -0.316 e. The highest BCUT2D eigenvalue weighted by atomic mass is 79.9. The molecular weight excluding hydrogens is 288 g/mol. The van der Waals surface area contributed by atoms with E-state index in [4.69, 9.17) is 0 Å². The molecule has 1 aromatic heterocycles. The molecule has 0 atom stereocenters. The highest BCUT2D eigenvalue weighted by Crippen LogP contribution is 2.26. The number of pyridine rings is 1. The van der Waals surface area contributed by atoms with Crippen LogP contribution in [0.5, 0.6) is 0 Å². The number of hydrogen-bond donors (Lipinski definition) is 1. The molecular formula is C15H25BrN2. The Morgan fingerprint density at radius 3 is 2.67 bits per heavy atom. The van der Waals surface area contributed by atoms with Gasteiger partial charge in [0.1, 0.15) is 0 Å². The maximum atomic E-state index is 4.23. The maximum Gasteiger partial charge on any atom is 0.0410 e. The number of aromatic nitrogens is 1. The van der Waals surface area contributed by atoms with Gasteiger partial charge in [0.25, 0.3) is 0 Å². The molecule has 1 heterocycles. The molecule has 0 unspecified atom stereocenters. The molecule has 2 nitrogen and oxygen atoms in total. The molecule has 0 aliphatic heterocycles. The Bertz CT molecular complexity index is 361. The van der Waals surface area contributed by atoms with Gasteiger partial charge in [0.05, 0.1) is 0 Å². The van der Waals surface area contributed by atoms with Crippen LogP contribution in [0.4, 0.5) is 0 Å². The Labute approximate surface area is 120 Å². The van der Waals surface area contributed by atoms with Crippen LogP contribution in [-0.2, 0) is 6.42 Å². The standard InChI is InChI=1S/C15H25BrN2/c1-12(2)9-17-6-5-15(3,4)8-13-7-14(16)11-18-10-13/h7,10-12,17H,5-6,8-9H2,1-4H3. The topological polar surface area (TPSA) is 24.9 Å². The van der Waals surface area contributed by atoms with Crippen molar-refractivity contribution in [1.82, 2.24) is 10.3 Å². The van der Waals surface area contributed by atoms with Crippen molar-refractivity contribution in [2.75, 3.05) is 13.1 Å². The predicted molar refractivity (Wildman–Crippen MR) is 81.7 cm³/mol. The fourth-order valence-electron chi connectivity index (χ4n) is 2.01. The van der Waals surface area contributed by atoms with E-state index in [2.05, 4.69) is 60.0 Å². The summed E-state index contributed by atoms with van der Waals surface area (Å²) in [6.07, 6.45) is 6.06. The van der Waals surface area contributed by atoms with Crippen LogP contribution < -0.4 is 5.32 Å². The molecule has 1 rings (SSSR count). The third-order valence-electron chi connectivity index (χ3n) is 2.98. The molecule has 102 valence electrons. The second kappa shape index (κ2) is 7.25. The van der Waals surface area contributed by atoms with E-state index < -0.39 is 0 Å². The largest absolute Gasteiger partial charge is 0.316 e. The van der Waals surface area contributed by atoms with Gasteiger partial charge < -0.3 is 5.32 Å². The molecule has 1 N–H and O–H groups in total. The molecule has 0 amide bonds. The molecule has 0 aliphatic rings. The van der Waals surface area contributed by atoms with E-state index in [1.54, 1.807) is 0 Å². The lowest BCUT2D eigenvalue weighted by molar-refractivity contribution is 0.322. The summed E-state index contributed by atoms with van der Waals surface area (Å²) in [7, 11) is 0. The normalized spacial score (nSPS) is 12.1. The van der Waals surface area contributed by atoms with Crippen LogP contribution in [0.15, 0.2) is 22.9 Å². The molecule has 3 heteroatoms. The molecule has 0 saturated heterocycles. The van der Waals surface area contributed by atoms with Crippen LogP contribution >= 0.6 is 15.9 Å². The number of nitrogens with one attached hydrogen (secondary N) is 1. The van der Waals surface area contributed by atoms with Gasteiger partial charge in [-0.05, 0) is 64.8 Å². The monoisotopic (exact) mass is 312 g/mol. The van der Waals surface area contributed by atoms with Gasteiger partial charge in [0.15, 0.2) is 0 Å². The van der Waals surface area contributed by atoms with Crippen molar-refractivity contribution in [2.24, 2.45) is 11.3 Å². The Morgan fingerprint density at radius 2 is 2.06 bits per heavy atom. The maximum absolute atomic E-state index is 4.23. The second-order valence-electron chi connectivity index (χ2n) is 6.20. The summed E-state index contributed by atoms with van der Waals surface area (Å²) in [5, 5.41) is 3.51. The number of rotatable bonds is 7. The van der Waals surface area contributed by atoms with Crippen LogP contribution in [0.25, 0.3) is 0 Å². The van der Waals surface area contributed by atoms with E-state index in [1.807, 2.05) is 12.4 Å². The van der Waals surface area contributed by atoms with Crippen molar-refractivity contribution in [3.63, 3.8) is 0 Å². The van der Waals surface area contributed by atoms with E-state index in [-0.39, 0.29) is 0 Å². The third-order valence-corrected chi connectivity index (χ3v) is 3.41. The minimum atomic E-state index is 0.312. The number of halogens is 1. The van der Waals surface area contributed by atoms with Gasteiger partial charge in [-0.15, -0.1) is 0 Å². The van der Waals surface area contributed by atoms with Crippen molar-refractivity contribution >= 4 is 15.9 Å². The molecule has 18 heavy (non-hydrogen) atoms. The summed E-state index contributed by atoms with van der Waals surface area (Å²) in [6, 6.07) is 2.16. The van der Waals surface area contributed by atoms with Gasteiger partial charge in [-0.1, -0.05) is 27.7 Å². The molecule has 0 fully saturated rings. The lowest BCUT2D eigenvalue weighted by Gasteiger charge is -2.25. The first-order chi connectivity index (χ1) is 8.39. The van der Waals surface area contributed by atoms with Gasteiger partial charge in [-0.2, -0.15) is 0 Å². The van der Waals surface area contributed by atoms with Gasteiger partial charge >= 0.3 is 0 Å². The molecule has 0 saturated carbocycles. The van der Waals surface area contributed by atoms with Crippen LogP contribution in [-0.4, -0.2) is 18.1 Å². The first-order valence-electron chi connectivity index (χ1n) is 6.69. The summed E-state index contributed by atoms with van der Waals surface area (Å²) < 4.78 is 1.06. The summed E-state index contributed by atoms with van der Waals surface area (Å²) in [5.41, 5.74) is 1.62. The first-order valence-corrected chi connectivity index (χ1v) is 7.48. The van der Waals surface area contributed by atoms with E-state index in [1.165, 1.54) is 12.0 Å². The zero-order valence-electron chi connectivity index (χ0n) is 12.0. The van der Waals surface area contributed by atoms with Crippen molar-refractivity contribution < 1.29 is 0 Å². The van der Waals surface area contributed by atoms with Crippen molar-refractivity contribution in [1.29, 1.82) is 0 Å². The van der Waals surface area contributed by atoms with Crippen LogP contribution in [0.1, 0.15) is 39.7 Å². The Balaban J connectivity index is 2.39. The molecule has 0 spiro atoms. The van der Waals surface area contributed by atoms with E-state index in [0.29, 0.717) is 5.41 Å². The average Bonchev–Trinajstić information content (AvgIpc) is 2.23. The minimum absolute atomic E-state index is 0.312. The number of nitrogens with zero attached hydrogens (tertiary/aromatic N) is 1. The van der Waals surface area contributed by atoms with Gasteiger partial charge in [0, 0.05) is 16.9 Å². The van der Waals surface area contributed by atoms with Crippen molar-refractivity contribution in [3.8, 4) is 0 Å². The van der Waals surface area contributed by atoms with Crippen LogP contribution in [0, 0.1) is 11.3 Å². The van der Waals surface area contributed by atoms with E-state index >= 15 is 0 Å². The van der Waals surface area contributed by atoms with E-state index in [9.17, 15) is 0 Å². The summed E-state index contributed by atoms with van der Waals surface area (Å²) in [4.78, 5) is 4.23. The summed E-state index contributed by atoms with van der Waals surface area (Å²) in [6.45, 7) is 11.3. The molecule has 1 aromatic rings. The van der Waals surface area contributed by atoms with Gasteiger partial charge in [0.2, 0.25) is 0 Å². The summed E-state index contributed by atoms with van der Waals surface area (Å²) >= 11 is 3.47. The molecule has 0 aliphatic carbocycles. The Kier molecular flexibility index (Phi) is 6.30. The first kappa shape index (κ1) is 15.6. The molecule has 0 aromatic carbocycles. The Hall–Kier alpha value is -0.410. The smallest absolute Gasteiger partial charge is 0.0410 e. The lowest BCUT2D eigenvalue weighted by atomic mass is 9.83. The lowest BCUT2D eigenvalue weighted by Crippen LogP contribution is -2.26. The van der Waals surface area contributed by atoms with Crippen molar-refractivity contribution in [2.45, 2.75) is 40.5 Å². The fraction of sp³-hybridized carbons (Fsp3) is 0.667. The fourth-order valence-corrected chi connectivity index (χ4v) is 2.42. The predicted octanol–water partition coefficient (Wildman–Crippen LogP) is 4.05. The van der Waals surface area contributed by atoms with Crippen LogP contribution in [0.3, 0.4) is 0 Å². The Morgan fingerprint density at radius 1 is 1.33 bits per heavy atom. The zero-order valence-corrected chi connectivity index (χ0v) is 13.5. The average molecular weight is 313 g/mol. The van der Waals surface area contributed by atoms with Gasteiger partial charge in [-0.25, -0.2) is 0 Å². The van der Waals surface area contributed by atoms with E-state index in [0.717, 1.165) is 29.9 Å². The van der Waals surface area contributed by atoms with Crippen molar-refractivity contribution in [3.05, 3.63) is 28.5 Å². The summed E-state index contributed by atoms with van der Waals surface area (Å²) in [5.74, 6) is 0.724. The molecule has 0 radical (unpaired) electrons. The highest BCUT2D eigenvalue weighted by Gasteiger charge is 2.18. The quantitative estimate of drug-likeness (QED) is 0.768. The molecule has 0 bridgehead atoms. The van der Waals surface area contributed by atoms with Crippen LogP contribution in [0.2, 0.25) is 0 Å². The van der Waals surface area contributed by atoms with Gasteiger partial charge in [-0.3, -0.25) is 4.98 Å². The highest BCUT2D eigenvalue weighted by molar-refractivity contribution is 9.10. The third kappa shape index (κ3) is 6.50. The number of hydrogen-bond acceptors (Lipinski definition) is 2. The zero-order chi connectivity index (χ0) is 13.6. The second-order valence-corrected chi connectivity index (χ2v) is 7.12.